The van der Waals surface area contributed by atoms with E-state index in [4.69, 9.17) is 0 Å². The minimum Gasteiger partial charge on any atom is -0.313 e. The van der Waals surface area contributed by atoms with Crippen LogP contribution in [0.5, 0.6) is 0 Å². The molecule has 5 nitrogen and oxygen atoms in total. The second kappa shape index (κ2) is 6.73. The molecule has 0 aromatic carbocycles. The Morgan fingerprint density at radius 1 is 1.20 bits per heavy atom. The molecule has 0 aromatic heterocycles. The van der Waals surface area contributed by atoms with Crippen LogP contribution in [-0.4, -0.2) is 56.3 Å². The smallest absolute Gasteiger partial charge is 0.215 e. The summed E-state index contributed by atoms with van der Waals surface area (Å²) < 4.78 is 27.6. The van der Waals surface area contributed by atoms with Crippen LogP contribution < -0.4 is 10.0 Å². The Bertz CT molecular complexity index is 411. The molecule has 0 spiro atoms. The van der Waals surface area contributed by atoms with Crippen molar-refractivity contribution in [2.45, 2.75) is 69.8 Å². The van der Waals surface area contributed by atoms with Gasteiger partial charge in [-0.15, -0.1) is 0 Å². The number of rotatable bonds is 6. The molecular weight excluding hydrogens is 274 g/mol. The standard InChI is InChI=1S/C14H29N3O2S/c1-11(2)15-10-12(3)20(18,19)16-13-6-8-17-7-4-5-14(17)9-13/h11-16H,4-10H2,1-3H3. The van der Waals surface area contributed by atoms with Crippen molar-refractivity contribution in [3.05, 3.63) is 0 Å². The summed E-state index contributed by atoms with van der Waals surface area (Å²) in [6.07, 6.45) is 4.41. The molecular formula is C14H29N3O2S. The molecule has 0 bridgehead atoms. The summed E-state index contributed by atoms with van der Waals surface area (Å²) >= 11 is 0. The van der Waals surface area contributed by atoms with E-state index < -0.39 is 10.0 Å². The lowest BCUT2D eigenvalue weighted by Crippen LogP contribution is -2.50. The Kier molecular flexibility index (Phi) is 5.45. The van der Waals surface area contributed by atoms with Gasteiger partial charge in [-0.05, 0) is 45.7 Å². The molecule has 3 atom stereocenters. The third-order valence-corrected chi connectivity index (χ3v) is 6.38. The van der Waals surface area contributed by atoms with Crippen LogP contribution in [0.2, 0.25) is 0 Å². The van der Waals surface area contributed by atoms with Crippen molar-refractivity contribution in [1.82, 2.24) is 14.9 Å². The second-order valence-electron chi connectivity index (χ2n) is 6.59. The third-order valence-electron chi connectivity index (χ3n) is 4.49. The van der Waals surface area contributed by atoms with Gasteiger partial charge in [-0.1, -0.05) is 13.8 Å². The molecule has 2 aliphatic heterocycles. The van der Waals surface area contributed by atoms with Gasteiger partial charge < -0.3 is 10.2 Å². The van der Waals surface area contributed by atoms with E-state index in [1.807, 2.05) is 13.8 Å². The first kappa shape index (κ1) is 16.2. The summed E-state index contributed by atoms with van der Waals surface area (Å²) in [5.41, 5.74) is 0. The number of nitrogens with one attached hydrogen (secondary N) is 2. The highest BCUT2D eigenvalue weighted by molar-refractivity contribution is 7.90. The maximum absolute atomic E-state index is 12.3. The van der Waals surface area contributed by atoms with E-state index in [0.717, 1.165) is 19.4 Å². The molecule has 2 rings (SSSR count). The fourth-order valence-electron chi connectivity index (χ4n) is 3.19. The zero-order valence-corrected chi connectivity index (χ0v) is 13.7. The van der Waals surface area contributed by atoms with Crippen molar-refractivity contribution in [1.29, 1.82) is 0 Å². The Morgan fingerprint density at radius 3 is 2.65 bits per heavy atom. The zero-order valence-electron chi connectivity index (χ0n) is 12.9. The van der Waals surface area contributed by atoms with Crippen LogP contribution in [0.15, 0.2) is 0 Å². The number of nitrogens with zero attached hydrogens (tertiary/aromatic N) is 1. The van der Waals surface area contributed by atoms with Crippen molar-refractivity contribution < 1.29 is 8.42 Å². The van der Waals surface area contributed by atoms with Gasteiger partial charge in [0.25, 0.3) is 0 Å². The molecule has 0 amide bonds. The first-order valence-corrected chi connectivity index (χ1v) is 9.41. The van der Waals surface area contributed by atoms with Crippen molar-refractivity contribution in [3.63, 3.8) is 0 Å². The Hall–Kier alpha value is -0.170. The highest BCUT2D eigenvalue weighted by Crippen LogP contribution is 2.27. The minimum atomic E-state index is -3.22. The first-order valence-electron chi connectivity index (χ1n) is 7.87. The van der Waals surface area contributed by atoms with Crippen LogP contribution in [0.25, 0.3) is 0 Å². The van der Waals surface area contributed by atoms with Crippen molar-refractivity contribution in [3.8, 4) is 0 Å². The maximum Gasteiger partial charge on any atom is 0.215 e. The Morgan fingerprint density at radius 2 is 1.95 bits per heavy atom. The summed E-state index contributed by atoms with van der Waals surface area (Å²) in [4.78, 5) is 2.51. The van der Waals surface area contributed by atoms with Crippen molar-refractivity contribution in [2.24, 2.45) is 0 Å². The molecule has 0 aromatic rings. The monoisotopic (exact) mass is 303 g/mol. The van der Waals surface area contributed by atoms with Gasteiger partial charge in [-0.3, -0.25) is 0 Å². The number of hydrogen-bond donors (Lipinski definition) is 2. The van der Waals surface area contributed by atoms with E-state index in [9.17, 15) is 8.42 Å². The SMILES string of the molecule is CC(C)NCC(C)S(=O)(=O)NC1CCN2CCCC2C1. The van der Waals surface area contributed by atoms with Crippen LogP contribution in [-0.2, 0) is 10.0 Å². The molecule has 2 fully saturated rings. The third kappa shape index (κ3) is 4.16. The molecule has 2 saturated heterocycles. The van der Waals surface area contributed by atoms with Gasteiger partial charge in [-0.25, -0.2) is 13.1 Å². The molecule has 2 aliphatic rings. The normalized spacial score (nSPS) is 29.6. The van der Waals surface area contributed by atoms with Crippen LogP contribution in [0.4, 0.5) is 0 Å². The number of hydrogen-bond acceptors (Lipinski definition) is 4. The minimum absolute atomic E-state index is 0.126. The number of sulfonamides is 1. The van der Waals surface area contributed by atoms with Gasteiger partial charge >= 0.3 is 0 Å². The predicted octanol–water partition coefficient (Wildman–Crippen LogP) is 0.919. The van der Waals surface area contributed by atoms with Gasteiger partial charge in [0.2, 0.25) is 10.0 Å². The first-order chi connectivity index (χ1) is 9.38. The average molecular weight is 303 g/mol. The summed E-state index contributed by atoms with van der Waals surface area (Å²) in [5, 5.41) is 2.82. The van der Waals surface area contributed by atoms with E-state index in [1.54, 1.807) is 6.92 Å². The number of fused-ring (bicyclic) bond motifs is 1. The van der Waals surface area contributed by atoms with Crippen molar-refractivity contribution in [2.75, 3.05) is 19.6 Å². The van der Waals surface area contributed by atoms with Gasteiger partial charge in [0.15, 0.2) is 0 Å². The largest absolute Gasteiger partial charge is 0.313 e. The molecule has 20 heavy (non-hydrogen) atoms. The molecule has 0 radical (unpaired) electrons. The van der Waals surface area contributed by atoms with Crippen LogP contribution in [0.1, 0.15) is 46.5 Å². The summed E-state index contributed by atoms with van der Waals surface area (Å²) in [6.45, 7) is 8.58. The van der Waals surface area contributed by atoms with E-state index in [-0.39, 0.29) is 11.3 Å². The zero-order chi connectivity index (χ0) is 14.8. The summed E-state index contributed by atoms with van der Waals surface area (Å²) in [5.74, 6) is 0. The second-order valence-corrected chi connectivity index (χ2v) is 8.72. The predicted molar refractivity (Wildman–Crippen MR) is 82.3 cm³/mol. The summed E-state index contributed by atoms with van der Waals surface area (Å²) in [6, 6.07) is 1.04. The Balaban J connectivity index is 1.84. The lowest BCUT2D eigenvalue weighted by molar-refractivity contribution is 0.176. The average Bonchev–Trinajstić information content (AvgIpc) is 2.82. The molecule has 2 N–H and O–H groups in total. The Labute approximate surface area is 123 Å². The highest BCUT2D eigenvalue weighted by atomic mass is 32.2. The van der Waals surface area contributed by atoms with Gasteiger partial charge in [0, 0.05) is 24.7 Å². The number of piperidine rings is 1. The van der Waals surface area contributed by atoms with Crippen LogP contribution in [0.3, 0.4) is 0 Å². The molecule has 3 unspecified atom stereocenters. The van der Waals surface area contributed by atoms with E-state index >= 15 is 0 Å². The topological polar surface area (TPSA) is 61.4 Å². The maximum atomic E-state index is 12.3. The van der Waals surface area contributed by atoms with Crippen LogP contribution in [0, 0.1) is 0 Å². The van der Waals surface area contributed by atoms with Gasteiger partial charge in [-0.2, -0.15) is 0 Å². The fraction of sp³-hybridized carbons (Fsp3) is 1.00. The molecule has 0 aliphatic carbocycles. The molecule has 6 heteroatoms. The van der Waals surface area contributed by atoms with Gasteiger partial charge in [0.1, 0.15) is 0 Å². The fourth-order valence-corrected chi connectivity index (χ4v) is 4.42. The van der Waals surface area contributed by atoms with Crippen LogP contribution >= 0.6 is 0 Å². The van der Waals surface area contributed by atoms with E-state index in [2.05, 4.69) is 14.9 Å². The summed E-state index contributed by atoms with van der Waals surface area (Å²) in [7, 11) is -3.22. The lowest BCUT2D eigenvalue weighted by Gasteiger charge is -2.35. The van der Waals surface area contributed by atoms with Gasteiger partial charge in [0.05, 0.1) is 5.25 Å². The molecule has 0 saturated carbocycles. The molecule has 2 heterocycles. The highest BCUT2D eigenvalue weighted by Gasteiger charge is 2.34. The van der Waals surface area contributed by atoms with Crippen molar-refractivity contribution >= 4 is 10.0 Å². The lowest BCUT2D eigenvalue weighted by atomic mass is 9.99. The van der Waals surface area contributed by atoms with E-state index in [0.29, 0.717) is 18.6 Å². The van der Waals surface area contributed by atoms with E-state index in [1.165, 1.54) is 19.4 Å². The quantitative estimate of drug-likeness (QED) is 0.766. The molecule has 118 valence electrons.